The Morgan fingerprint density at radius 2 is 1.91 bits per heavy atom. The molecule has 1 fully saturated rings. The number of carbonyl (C=O) groups is 2. The van der Waals surface area contributed by atoms with Crippen molar-refractivity contribution in [2.45, 2.75) is 95.6 Å². The van der Waals surface area contributed by atoms with Gasteiger partial charge in [-0.2, -0.15) is 13.2 Å². The third kappa shape index (κ3) is 7.07. The van der Waals surface area contributed by atoms with Crippen molar-refractivity contribution in [3.05, 3.63) is 29.1 Å². The van der Waals surface area contributed by atoms with Gasteiger partial charge in [-0.1, -0.05) is 6.07 Å². The van der Waals surface area contributed by atoms with Crippen molar-refractivity contribution in [2.24, 2.45) is 5.92 Å². The van der Waals surface area contributed by atoms with Crippen molar-refractivity contribution < 1.29 is 37.3 Å². The Morgan fingerprint density at radius 3 is 2.59 bits per heavy atom. The Bertz CT molecular complexity index is 869. The van der Waals surface area contributed by atoms with E-state index in [4.69, 9.17) is 9.72 Å². The number of pyridine rings is 1. The second kappa shape index (κ2) is 10.9. The number of aryl methyl sites for hydroxylation is 3. The van der Waals surface area contributed by atoms with Crippen molar-refractivity contribution in [1.29, 1.82) is 0 Å². The van der Waals surface area contributed by atoms with Crippen LogP contribution in [0.15, 0.2) is 12.1 Å². The van der Waals surface area contributed by atoms with Gasteiger partial charge in [-0.25, -0.2) is 9.59 Å². The smallest absolute Gasteiger partial charge is 0.427 e. The molecule has 0 aromatic carbocycles. The molecule has 190 valence electrons. The molecule has 0 radical (unpaired) electrons. The highest BCUT2D eigenvalue weighted by atomic mass is 19.4. The van der Waals surface area contributed by atoms with E-state index in [2.05, 4.69) is 16.9 Å². The van der Waals surface area contributed by atoms with Gasteiger partial charge in [-0.05, 0) is 82.8 Å². The Labute approximate surface area is 197 Å². The number of aromatic nitrogens is 1. The third-order valence-corrected chi connectivity index (χ3v) is 6.62. The number of alkyl halides is 3. The molecule has 1 saturated carbocycles. The number of hydrogen-bond acceptors (Lipinski definition) is 5. The first-order valence-electron chi connectivity index (χ1n) is 11.8. The van der Waals surface area contributed by atoms with Gasteiger partial charge in [-0.15, -0.1) is 0 Å². The molecule has 1 unspecified atom stereocenters. The molecule has 1 aromatic rings. The summed E-state index contributed by atoms with van der Waals surface area (Å²) in [5, 5.41) is 11.2. The Balaban J connectivity index is 1.33. The van der Waals surface area contributed by atoms with Gasteiger partial charge < -0.3 is 19.9 Å². The zero-order chi connectivity index (χ0) is 24.9. The summed E-state index contributed by atoms with van der Waals surface area (Å²) in [6.45, 7) is 1.46. The molecule has 0 aliphatic heterocycles. The number of fused-ring (bicyclic) bond motifs is 1. The fourth-order valence-corrected chi connectivity index (χ4v) is 4.24. The SMILES string of the molecule is CC(C)(OC(=O)NC(CCOC1CC(CCc2ccc3c(n2)CCCC3)C1)C(=O)O)C(F)(F)F. The van der Waals surface area contributed by atoms with Crippen LogP contribution in [0.1, 0.15) is 69.3 Å². The van der Waals surface area contributed by atoms with Crippen molar-refractivity contribution in [2.75, 3.05) is 6.61 Å². The van der Waals surface area contributed by atoms with E-state index in [1.165, 1.54) is 24.1 Å². The fourth-order valence-electron chi connectivity index (χ4n) is 4.24. The Hall–Kier alpha value is -2.36. The minimum absolute atomic E-state index is 0.0204. The first-order chi connectivity index (χ1) is 15.9. The van der Waals surface area contributed by atoms with E-state index in [-0.39, 0.29) is 19.1 Å². The van der Waals surface area contributed by atoms with Gasteiger partial charge >= 0.3 is 18.2 Å². The number of carbonyl (C=O) groups excluding carboxylic acids is 1. The molecule has 2 aliphatic carbocycles. The van der Waals surface area contributed by atoms with Gasteiger partial charge in [0, 0.05) is 24.4 Å². The molecule has 3 rings (SSSR count). The topological polar surface area (TPSA) is 97.8 Å². The highest BCUT2D eigenvalue weighted by Gasteiger charge is 2.51. The molecule has 1 aromatic heterocycles. The van der Waals surface area contributed by atoms with Crippen LogP contribution < -0.4 is 5.32 Å². The van der Waals surface area contributed by atoms with Gasteiger partial charge in [0.15, 0.2) is 0 Å². The number of halogens is 3. The van der Waals surface area contributed by atoms with Gasteiger partial charge in [-0.3, -0.25) is 4.98 Å². The Morgan fingerprint density at radius 1 is 1.21 bits per heavy atom. The summed E-state index contributed by atoms with van der Waals surface area (Å²) in [5.41, 5.74) is 1.01. The predicted octanol–water partition coefficient (Wildman–Crippen LogP) is 4.60. The van der Waals surface area contributed by atoms with Gasteiger partial charge in [0.05, 0.1) is 6.10 Å². The van der Waals surface area contributed by atoms with Gasteiger partial charge in [0.25, 0.3) is 0 Å². The highest BCUT2D eigenvalue weighted by molar-refractivity contribution is 5.80. The summed E-state index contributed by atoms with van der Waals surface area (Å²) < 4.78 is 48.6. The quantitative estimate of drug-likeness (QED) is 0.502. The number of aliphatic carboxylic acids is 1. The lowest BCUT2D eigenvalue weighted by Crippen LogP contribution is -2.49. The summed E-state index contributed by atoms with van der Waals surface area (Å²) in [4.78, 5) is 27.9. The fraction of sp³-hybridized carbons (Fsp3) is 0.708. The van der Waals surface area contributed by atoms with Gasteiger partial charge in [0.1, 0.15) is 6.04 Å². The first kappa shape index (κ1) is 26.2. The molecule has 0 spiro atoms. The zero-order valence-corrected chi connectivity index (χ0v) is 19.6. The minimum atomic E-state index is -4.77. The van der Waals surface area contributed by atoms with Crippen molar-refractivity contribution in [3.63, 3.8) is 0 Å². The monoisotopic (exact) mass is 486 g/mol. The molecular formula is C24H33F3N2O5. The van der Waals surface area contributed by atoms with Crippen LogP contribution in [0, 0.1) is 5.92 Å². The van der Waals surface area contributed by atoms with Crippen LogP contribution in [0.25, 0.3) is 0 Å². The summed E-state index contributed by atoms with van der Waals surface area (Å²) >= 11 is 0. The standard InChI is InChI=1S/C24H33F3N2O5/c1-23(2,24(25,26)27)34-22(32)29-20(21(30)31)11-12-33-18-13-15(14-18)7-9-17-10-8-16-5-3-4-6-19(16)28-17/h8,10,15,18,20H,3-7,9,11-14H2,1-2H3,(H,29,32)(H,30,31). The molecule has 0 saturated heterocycles. The van der Waals surface area contributed by atoms with E-state index in [9.17, 15) is 27.9 Å². The molecule has 2 N–H and O–H groups in total. The largest absolute Gasteiger partial charge is 0.480 e. The molecule has 1 amide bonds. The van der Waals surface area contributed by atoms with E-state index in [1.807, 2.05) is 5.32 Å². The van der Waals surface area contributed by atoms with Gasteiger partial charge in [0.2, 0.25) is 5.60 Å². The molecule has 7 nitrogen and oxygen atoms in total. The van der Waals surface area contributed by atoms with Crippen LogP contribution in [-0.4, -0.2) is 52.7 Å². The number of ether oxygens (including phenoxy) is 2. The van der Waals surface area contributed by atoms with Crippen LogP contribution in [0.3, 0.4) is 0 Å². The molecule has 1 heterocycles. The molecule has 2 aliphatic rings. The number of amides is 1. The molecule has 34 heavy (non-hydrogen) atoms. The minimum Gasteiger partial charge on any atom is -0.480 e. The van der Waals surface area contributed by atoms with E-state index in [0.717, 1.165) is 44.2 Å². The molecule has 10 heteroatoms. The summed E-state index contributed by atoms with van der Waals surface area (Å²) in [6, 6.07) is 2.93. The summed E-state index contributed by atoms with van der Waals surface area (Å²) in [6.07, 6.45) is 2.05. The molecule has 1 atom stereocenters. The average Bonchev–Trinajstić information content (AvgIpc) is 2.72. The predicted molar refractivity (Wildman–Crippen MR) is 117 cm³/mol. The number of alkyl carbamates (subject to hydrolysis) is 1. The lowest BCUT2D eigenvalue weighted by molar-refractivity contribution is -0.244. The van der Waals surface area contributed by atoms with Crippen LogP contribution in [0.5, 0.6) is 0 Å². The number of rotatable bonds is 10. The number of carboxylic acid groups (broad SMARTS) is 1. The number of nitrogens with zero attached hydrogens (tertiary/aromatic N) is 1. The van der Waals surface area contributed by atoms with Crippen molar-refractivity contribution in [3.8, 4) is 0 Å². The normalized spacial score (nSPS) is 21.2. The van der Waals surface area contributed by atoms with Crippen molar-refractivity contribution >= 4 is 12.1 Å². The van der Waals surface area contributed by atoms with E-state index >= 15 is 0 Å². The second-order valence-corrected chi connectivity index (χ2v) is 9.71. The zero-order valence-electron chi connectivity index (χ0n) is 19.6. The number of nitrogens with one attached hydrogen (secondary N) is 1. The van der Waals surface area contributed by atoms with Crippen LogP contribution in [0.4, 0.5) is 18.0 Å². The lowest BCUT2D eigenvalue weighted by atomic mass is 9.79. The van der Waals surface area contributed by atoms with Crippen molar-refractivity contribution in [1.82, 2.24) is 10.3 Å². The summed E-state index contributed by atoms with van der Waals surface area (Å²) in [7, 11) is 0. The first-order valence-corrected chi connectivity index (χ1v) is 11.8. The average molecular weight is 487 g/mol. The third-order valence-electron chi connectivity index (χ3n) is 6.62. The molecule has 0 bridgehead atoms. The van der Waals surface area contributed by atoms with E-state index in [0.29, 0.717) is 19.8 Å². The number of carboxylic acids is 1. The van der Waals surface area contributed by atoms with Crippen LogP contribution in [0.2, 0.25) is 0 Å². The van der Waals surface area contributed by atoms with Crippen LogP contribution >= 0.6 is 0 Å². The Kier molecular flexibility index (Phi) is 8.43. The second-order valence-electron chi connectivity index (χ2n) is 9.71. The van der Waals surface area contributed by atoms with Crippen LogP contribution in [-0.2, 0) is 33.5 Å². The summed E-state index contributed by atoms with van der Waals surface area (Å²) in [5.74, 6) is -0.842. The highest BCUT2D eigenvalue weighted by Crippen LogP contribution is 2.34. The van der Waals surface area contributed by atoms with E-state index < -0.39 is 29.9 Å². The lowest BCUT2D eigenvalue weighted by Gasteiger charge is -2.35. The maximum absolute atomic E-state index is 12.8. The maximum atomic E-state index is 12.8. The molecular weight excluding hydrogens is 453 g/mol. The number of hydrogen-bond donors (Lipinski definition) is 2. The van der Waals surface area contributed by atoms with E-state index in [1.54, 1.807) is 0 Å². The maximum Gasteiger partial charge on any atom is 0.427 e.